The first-order valence-corrected chi connectivity index (χ1v) is 12.8. The van der Waals surface area contributed by atoms with Gasteiger partial charge in [-0.25, -0.2) is 0 Å². The topological polar surface area (TPSA) is 62.5 Å². The highest BCUT2D eigenvalue weighted by molar-refractivity contribution is 6.33. The molecule has 6 rings (SSSR count). The molecule has 3 aliphatic rings. The fourth-order valence-electron chi connectivity index (χ4n) is 5.55. The number of aliphatic hydroxyl groups is 1. The highest BCUT2D eigenvalue weighted by Crippen LogP contribution is 2.48. The zero-order valence-electron chi connectivity index (χ0n) is 19.3. The molecule has 3 saturated carbocycles. The fourth-order valence-corrected chi connectivity index (χ4v) is 5.79. The molecule has 5 nitrogen and oxygen atoms in total. The van der Waals surface area contributed by atoms with Crippen molar-refractivity contribution in [2.24, 2.45) is 11.8 Å². The number of anilines is 1. The van der Waals surface area contributed by atoms with Gasteiger partial charge in [0.25, 0.3) is 0 Å². The quantitative estimate of drug-likeness (QED) is 0.401. The van der Waals surface area contributed by atoms with Gasteiger partial charge in [-0.2, -0.15) is 13.2 Å². The summed E-state index contributed by atoms with van der Waals surface area (Å²) in [5, 5.41) is 22.6. The second kappa shape index (κ2) is 8.37. The van der Waals surface area contributed by atoms with Crippen molar-refractivity contribution in [1.29, 1.82) is 0 Å². The number of alkyl halides is 3. The van der Waals surface area contributed by atoms with E-state index < -0.39 is 17.3 Å². The number of nitrogens with one attached hydrogen (secondary N) is 1. The summed E-state index contributed by atoms with van der Waals surface area (Å²) in [6.45, 7) is 0. The molecular formula is C26H28ClF3N4O. The average molecular weight is 505 g/mol. The van der Waals surface area contributed by atoms with Crippen LogP contribution < -0.4 is 5.32 Å². The van der Waals surface area contributed by atoms with Crippen LogP contribution in [0.1, 0.15) is 62.8 Å². The Labute approximate surface area is 206 Å². The number of fused-ring (bicyclic) bond motifs is 1. The van der Waals surface area contributed by atoms with Crippen LogP contribution in [0, 0.1) is 11.8 Å². The third-order valence-electron chi connectivity index (χ3n) is 7.93. The molecule has 9 heteroatoms. The van der Waals surface area contributed by atoms with Crippen molar-refractivity contribution in [2.45, 2.75) is 75.6 Å². The third-order valence-corrected chi connectivity index (χ3v) is 8.24. The second-order valence-corrected chi connectivity index (χ2v) is 11.0. The van der Waals surface area contributed by atoms with E-state index in [2.05, 4.69) is 15.5 Å². The number of aromatic nitrogens is 3. The summed E-state index contributed by atoms with van der Waals surface area (Å²) in [4.78, 5) is 0. The molecule has 0 unspecified atom stereocenters. The molecule has 0 atom stereocenters. The molecule has 0 aliphatic heterocycles. The van der Waals surface area contributed by atoms with E-state index in [0.29, 0.717) is 40.4 Å². The van der Waals surface area contributed by atoms with Crippen molar-refractivity contribution >= 4 is 22.9 Å². The highest BCUT2D eigenvalue weighted by Gasteiger charge is 2.45. The number of nitrogens with zero attached hydrogens (tertiary/aromatic N) is 3. The van der Waals surface area contributed by atoms with E-state index in [1.165, 1.54) is 10.5 Å². The van der Waals surface area contributed by atoms with Crippen molar-refractivity contribution in [1.82, 2.24) is 14.6 Å². The molecule has 1 aromatic carbocycles. The highest BCUT2D eigenvalue weighted by atomic mass is 35.5. The minimum absolute atomic E-state index is 0.0379. The number of hydrogen-bond acceptors (Lipinski definition) is 4. The van der Waals surface area contributed by atoms with Crippen LogP contribution >= 0.6 is 11.6 Å². The summed E-state index contributed by atoms with van der Waals surface area (Å²) in [5.41, 5.74) is -0.378. The fraction of sp³-hybridized carbons (Fsp3) is 0.538. The Morgan fingerprint density at radius 1 is 1.06 bits per heavy atom. The minimum Gasteiger partial charge on any atom is -0.390 e. The van der Waals surface area contributed by atoms with Gasteiger partial charge in [-0.05, 0) is 92.5 Å². The number of halogens is 4. The van der Waals surface area contributed by atoms with Gasteiger partial charge in [0.05, 0.1) is 16.3 Å². The molecule has 0 amide bonds. The number of hydrogen-bond donors (Lipinski definition) is 2. The van der Waals surface area contributed by atoms with Crippen LogP contribution in [0.4, 0.5) is 18.9 Å². The zero-order chi connectivity index (χ0) is 24.4. The first kappa shape index (κ1) is 23.1. The van der Waals surface area contributed by atoms with Crippen LogP contribution in [0.3, 0.4) is 0 Å². The maximum absolute atomic E-state index is 14.2. The molecular weight excluding hydrogens is 477 g/mol. The summed E-state index contributed by atoms with van der Waals surface area (Å²) < 4.78 is 44.1. The maximum atomic E-state index is 14.2. The molecule has 3 fully saturated rings. The standard InChI is InChI=1S/C26H28ClF3N4O/c27-20-14-16(3-6-21(20)31-18-7-10-25(35,11-8-18)17-4-5-17)19-9-12-34-22(13-15-1-2-15)32-33-24(34)23(19)26(28,29)30/h3,6,9,12,14-15,17-18,31,35H,1-2,4-5,7-8,10-11,13H2. The van der Waals surface area contributed by atoms with Gasteiger partial charge in [-0.1, -0.05) is 17.7 Å². The summed E-state index contributed by atoms with van der Waals surface area (Å²) >= 11 is 6.54. The van der Waals surface area contributed by atoms with Gasteiger partial charge in [0, 0.05) is 18.7 Å². The predicted octanol–water partition coefficient (Wildman–Crippen LogP) is 6.52. The Morgan fingerprint density at radius 2 is 1.80 bits per heavy atom. The molecule has 0 bridgehead atoms. The van der Waals surface area contributed by atoms with Crippen LogP contribution in [0.2, 0.25) is 5.02 Å². The van der Waals surface area contributed by atoms with Gasteiger partial charge in [0.1, 0.15) is 11.4 Å². The number of benzene rings is 1. The van der Waals surface area contributed by atoms with Gasteiger partial charge in [0.15, 0.2) is 5.65 Å². The van der Waals surface area contributed by atoms with Crippen molar-refractivity contribution in [3.8, 4) is 11.1 Å². The van der Waals surface area contributed by atoms with E-state index in [-0.39, 0.29) is 17.3 Å². The lowest BCUT2D eigenvalue weighted by atomic mass is 9.79. The van der Waals surface area contributed by atoms with Crippen LogP contribution in [0.25, 0.3) is 16.8 Å². The van der Waals surface area contributed by atoms with Crippen molar-refractivity contribution < 1.29 is 18.3 Å². The Hall–Kier alpha value is -2.32. The van der Waals surface area contributed by atoms with Crippen LogP contribution in [-0.4, -0.2) is 31.3 Å². The smallest absolute Gasteiger partial charge is 0.390 e. The maximum Gasteiger partial charge on any atom is 0.420 e. The van der Waals surface area contributed by atoms with E-state index in [0.717, 1.165) is 51.4 Å². The van der Waals surface area contributed by atoms with Crippen LogP contribution in [0.5, 0.6) is 0 Å². The molecule has 0 saturated heterocycles. The largest absolute Gasteiger partial charge is 0.420 e. The molecule has 35 heavy (non-hydrogen) atoms. The summed E-state index contributed by atoms with van der Waals surface area (Å²) in [7, 11) is 0. The molecule has 0 radical (unpaired) electrons. The van der Waals surface area contributed by atoms with Crippen molar-refractivity contribution in [2.75, 3.05) is 5.32 Å². The Kier molecular flexibility index (Phi) is 5.53. The molecule has 2 heterocycles. The van der Waals surface area contributed by atoms with Crippen molar-refractivity contribution in [3.63, 3.8) is 0 Å². The lowest BCUT2D eigenvalue weighted by Crippen LogP contribution is -2.40. The predicted molar refractivity (Wildman–Crippen MR) is 128 cm³/mol. The Balaban J connectivity index is 1.26. The van der Waals surface area contributed by atoms with Crippen LogP contribution in [0.15, 0.2) is 30.5 Å². The minimum atomic E-state index is -4.59. The molecule has 186 valence electrons. The SMILES string of the molecule is OC1(C2CC2)CCC(Nc2ccc(-c3ccn4c(CC5CC5)nnc4c3C(F)(F)F)cc2Cl)CC1. The monoisotopic (exact) mass is 504 g/mol. The van der Waals surface area contributed by atoms with Crippen molar-refractivity contribution in [3.05, 3.63) is 46.9 Å². The lowest BCUT2D eigenvalue weighted by molar-refractivity contribution is -0.136. The number of rotatable bonds is 6. The average Bonchev–Trinajstić information content (AvgIpc) is 3.74. The summed E-state index contributed by atoms with van der Waals surface area (Å²) in [6.07, 6.45) is 5.29. The third kappa shape index (κ3) is 4.51. The first-order chi connectivity index (χ1) is 16.7. The second-order valence-electron chi connectivity index (χ2n) is 10.6. The van der Waals surface area contributed by atoms with Gasteiger partial charge >= 0.3 is 6.18 Å². The molecule has 3 aliphatic carbocycles. The lowest BCUT2D eigenvalue weighted by Gasteiger charge is -2.37. The molecule has 3 aromatic rings. The van der Waals surface area contributed by atoms with Gasteiger partial charge < -0.3 is 10.4 Å². The van der Waals surface area contributed by atoms with E-state index in [4.69, 9.17) is 11.6 Å². The first-order valence-electron chi connectivity index (χ1n) is 12.4. The Bertz CT molecular complexity index is 1260. The normalized spacial score (nSPS) is 25.2. The van der Waals surface area contributed by atoms with E-state index in [1.54, 1.807) is 24.4 Å². The molecule has 2 aromatic heterocycles. The zero-order valence-corrected chi connectivity index (χ0v) is 20.0. The molecule has 2 N–H and O–H groups in total. The van der Waals surface area contributed by atoms with E-state index >= 15 is 0 Å². The van der Waals surface area contributed by atoms with E-state index in [9.17, 15) is 18.3 Å². The summed E-state index contributed by atoms with van der Waals surface area (Å²) in [5.74, 6) is 1.50. The Morgan fingerprint density at radius 3 is 2.43 bits per heavy atom. The molecule has 0 spiro atoms. The van der Waals surface area contributed by atoms with Gasteiger partial charge in [-0.15, -0.1) is 10.2 Å². The van der Waals surface area contributed by atoms with Gasteiger partial charge in [-0.3, -0.25) is 4.40 Å². The van der Waals surface area contributed by atoms with Crippen LogP contribution in [-0.2, 0) is 12.6 Å². The summed E-state index contributed by atoms with van der Waals surface area (Å²) in [6, 6.07) is 6.65. The van der Waals surface area contributed by atoms with E-state index in [1.807, 2.05) is 0 Å². The van der Waals surface area contributed by atoms with Gasteiger partial charge in [0.2, 0.25) is 0 Å². The number of pyridine rings is 1.